The number of likely N-dealkylation sites (N-methyl/N-ethyl adjacent to an activating group) is 1. The number of nitrogens with zero attached hydrogens (tertiary/aromatic N) is 4. The van der Waals surface area contributed by atoms with Crippen LogP contribution in [0.1, 0.15) is 24.1 Å². The predicted octanol–water partition coefficient (Wildman–Crippen LogP) is 3.02. The highest BCUT2D eigenvalue weighted by Crippen LogP contribution is 2.26. The Bertz CT molecular complexity index is 778. The number of hydrogen-bond acceptors (Lipinski definition) is 5. The van der Waals surface area contributed by atoms with Gasteiger partial charge in [0.2, 0.25) is 0 Å². The SMILES string of the molecule is C[C@H](Nc1ncccc1C#N)c1ccc(N2CCN(C)CC2)c(F)c1. The minimum atomic E-state index is -0.211. The molecule has 1 aromatic carbocycles. The Kier molecular flexibility index (Phi) is 5.15. The number of piperazine rings is 1. The number of nitrogens with one attached hydrogen (secondary N) is 1. The van der Waals surface area contributed by atoms with Crippen molar-refractivity contribution in [1.82, 2.24) is 9.88 Å². The zero-order chi connectivity index (χ0) is 17.8. The Morgan fingerprint density at radius 2 is 2.00 bits per heavy atom. The summed E-state index contributed by atoms with van der Waals surface area (Å²) in [5.74, 6) is 0.304. The summed E-state index contributed by atoms with van der Waals surface area (Å²) >= 11 is 0. The maximum absolute atomic E-state index is 14.6. The number of rotatable bonds is 4. The maximum atomic E-state index is 14.6. The summed E-state index contributed by atoms with van der Waals surface area (Å²) in [6, 6.07) is 10.7. The van der Waals surface area contributed by atoms with Crippen molar-refractivity contribution in [1.29, 1.82) is 5.26 Å². The molecule has 1 saturated heterocycles. The van der Waals surface area contributed by atoms with E-state index in [9.17, 15) is 4.39 Å². The van der Waals surface area contributed by atoms with Crippen molar-refractivity contribution in [2.75, 3.05) is 43.4 Å². The highest BCUT2D eigenvalue weighted by atomic mass is 19.1. The third-order valence-electron chi connectivity index (χ3n) is 4.60. The van der Waals surface area contributed by atoms with E-state index in [4.69, 9.17) is 5.26 Å². The summed E-state index contributed by atoms with van der Waals surface area (Å²) in [4.78, 5) is 8.53. The van der Waals surface area contributed by atoms with Gasteiger partial charge in [-0.2, -0.15) is 5.26 Å². The van der Waals surface area contributed by atoms with Gasteiger partial charge in [-0.25, -0.2) is 9.37 Å². The van der Waals surface area contributed by atoms with Crippen LogP contribution in [-0.2, 0) is 0 Å². The van der Waals surface area contributed by atoms with Crippen molar-refractivity contribution in [2.24, 2.45) is 0 Å². The van der Waals surface area contributed by atoms with Crippen LogP contribution in [0.25, 0.3) is 0 Å². The minimum absolute atomic E-state index is 0.155. The molecule has 0 bridgehead atoms. The second-order valence-corrected chi connectivity index (χ2v) is 6.38. The molecule has 2 aromatic rings. The fourth-order valence-electron chi connectivity index (χ4n) is 3.00. The van der Waals surface area contributed by atoms with Gasteiger partial charge in [-0.05, 0) is 43.8 Å². The normalized spacial score (nSPS) is 16.3. The summed E-state index contributed by atoms with van der Waals surface area (Å²) < 4.78 is 14.6. The van der Waals surface area contributed by atoms with E-state index in [0.29, 0.717) is 17.1 Å². The van der Waals surface area contributed by atoms with Crippen molar-refractivity contribution in [3.63, 3.8) is 0 Å². The molecule has 1 atom stereocenters. The molecule has 1 fully saturated rings. The summed E-state index contributed by atoms with van der Waals surface area (Å²) in [6.07, 6.45) is 1.63. The summed E-state index contributed by atoms with van der Waals surface area (Å²) in [5.41, 5.74) is 1.95. The first-order valence-electron chi connectivity index (χ1n) is 8.43. The summed E-state index contributed by atoms with van der Waals surface area (Å²) in [6.45, 7) is 5.48. The number of benzene rings is 1. The third kappa shape index (κ3) is 3.89. The lowest BCUT2D eigenvalue weighted by atomic mass is 10.1. The average Bonchev–Trinajstić information content (AvgIpc) is 2.63. The first-order chi connectivity index (χ1) is 12.1. The monoisotopic (exact) mass is 339 g/mol. The van der Waals surface area contributed by atoms with Crippen molar-refractivity contribution < 1.29 is 4.39 Å². The molecule has 25 heavy (non-hydrogen) atoms. The van der Waals surface area contributed by atoms with E-state index in [2.05, 4.69) is 33.2 Å². The van der Waals surface area contributed by atoms with Crippen molar-refractivity contribution in [3.05, 3.63) is 53.5 Å². The first kappa shape index (κ1) is 17.2. The van der Waals surface area contributed by atoms with Crippen molar-refractivity contribution in [3.8, 4) is 6.07 Å². The Morgan fingerprint density at radius 3 is 2.68 bits per heavy atom. The predicted molar refractivity (Wildman–Crippen MR) is 97.1 cm³/mol. The molecule has 0 aliphatic carbocycles. The Morgan fingerprint density at radius 1 is 1.24 bits per heavy atom. The second kappa shape index (κ2) is 7.49. The molecule has 1 N–H and O–H groups in total. The molecule has 0 unspecified atom stereocenters. The third-order valence-corrected chi connectivity index (χ3v) is 4.60. The van der Waals surface area contributed by atoms with E-state index in [0.717, 1.165) is 31.7 Å². The molecule has 130 valence electrons. The standard InChI is InChI=1S/C19H22FN5/c1-14(23-19-16(13-21)4-3-7-22-19)15-5-6-18(17(20)12-15)25-10-8-24(2)9-11-25/h3-7,12,14H,8-11H2,1-2H3,(H,22,23)/t14-/m0/s1. The number of aromatic nitrogens is 1. The van der Waals surface area contributed by atoms with E-state index in [-0.39, 0.29) is 11.9 Å². The number of pyridine rings is 1. The molecule has 0 radical (unpaired) electrons. The van der Waals surface area contributed by atoms with Crippen LogP contribution in [0.3, 0.4) is 0 Å². The molecule has 6 heteroatoms. The first-order valence-corrected chi connectivity index (χ1v) is 8.43. The van der Waals surface area contributed by atoms with Gasteiger partial charge in [0.25, 0.3) is 0 Å². The van der Waals surface area contributed by atoms with Crippen LogP contribution in [-0.4, -0.2) is 43.1 Å². The van der Waals surface area contributed by atoms with Crippen LogP contribution in [0.15, 0.2) is 36.5 Å². The van der Waals surface area contributed by atoms with Gasteiger partial charge in [-0.1, -0.05) is 6.07 Å². The molecule has 5 nitrogen and oxygen atoms in total. The van der Waals surface area contributed by atoms with Gasteiger partial charge in [0, 0.05) is 32.4 Å². The van der Waals surface area contributed by atoms with Crippen LogP contribution in [0.4, 0.5) is 15.9 Å². The van der Waals surface area contributed by atoms with Gasteiger partial charge in [0.15, 0.2) is 0 Å². The van der Waals surface area contributed by atoms with Crippen LogP contribution in [0.2, 0.25) is 0 Å². The Balaban J connectivity index is 1.75. The number of anilines is 2. The average molecular weight is 339 g/mol. The molecule has 2 heterocycles. The fraction of sp³-hybridized carbons (Fsp3) is 0.368. The molecule has 0 amide bonds. The van der Waals surface area contributed by atoms with Crippen LogP contribution < -0.4 is 10.2 Å². The van der Waals surface area contributed by atoms with Crippen molar-refractivity contribution >= 4 is 11.5 Å². The fourth-order valence-corrected chi connectivity index (χ4v) is 3.00. The Hall–Kier alpha value is -2.65. The lowest BCUT2D eigenvalue weighted by Crippen LogP contribution is -2.44. The van der Waals surface area contributed by atoms with Gasteiger partial charge in [0.1, 0.15) is 17.7 Å². The largest absolute Gasteiger partial charge is 0.367 e. The quantitative estimate of drug-likeness (QED) is 0.928. The van der Waals surface area contributed by atoms with E-state index < -0.39 is 0 Å². The maximum Gasteiger partial charge on any atom is 0.146 e. The molecule has 3 rings (SSSR count). The van der Waals surface area contributed by atoms with Gasteiger partial charge >= 0.3 is 0 Å². The number of halogens is 1. The minimum Gasteiger partial charge on any atom is -0.367 e. The second-order valence-electron chi connectivity index (χ2n) is 6.38. The summed E-state index contributed by atoms with van der Waals surface area (Å²) in [5, 5.41) is 12.3. The van der Waals surface area contributed by atoms with Crippen LogP contribution in [0, 0.1) is 17.1 Å². The van der Waals surface area contributed by atoms with E-state index in [1.54, 1.807) is 24.4 Å². The van der Waals surface area contributed by atoms with Crippen molar-refractivity contribution in [2.45, 2.75) is 13.0 Å². The van der Waals surface area contributed by atoms with Gasteiger partial charge in [-0.15, -0.1) is 0 Å². The van der Waals surface area contributed by atoms with Crippen LogP contribution >= 0.6 is 0 Å². The van der Waals surface area contributed by atoms with Gasteiger partial charge in [0.05, 0.1) is 17.3 Å². The number of hydrogen-bond donors (Lipinski definition) is 1. The topological polar surface area (TPSA) is 55.2 Å². The van der Waals surface area contributed by atoms with Gasteiger partial charge < -0.3 is 15.1 Å². The van der Waals surface area contributed by atoms with E-state index in [1.165, 1.54) is 0 Å². The zero-order valence-electron chi connectivity index (χ0n) is 14.5. The molecule has 1 aliphatic heterocycles. The molecule has 0 spiro atoms. The summed E-state index contributed by atoms with van der Waals surface area (Å²) in [7, 11) is 2.08. The lowest BCUT2D eigenvalue weighted by Gasteiger charge is -2.34. The van der Waals surface area contributed by atoms with Gasteiger partial charge in [-0.3, -0.25) is 0 Å². The van der Waals surface area contributed by atoms with E-state index >= 15 is 0 Å². The van der Waals surface area contributed by atoms with Crippen LogP contribution in [0.5, 0.6) is 0 Å². The molecule has 0 saturated carbocycles. The Labute approximate surface area is 147 Å². The van der Waals surface area contributed by atoms with E-state index in [1.807, 2.05) is 19.1 Å². The zero-order valence-corrected chi connectivity index (χ0v) is 14.5. The molecular formula is C19H22FN5. The highest BCUT2D eigenvalue weighted by molar-refractivity contribution is 5.54. The molecular weight excluding hydrogens is 317 g/mol. The highest BCUT2D eigenvalue weighted by Gasteiger charge is 2.18. The number of nitriles is 1. The molecule has 1 aliphatic rings. The smallest absolute Gasteiger partial charge is 0.146 e. The molecule has 1 aromatic heterocycles. The lowest BCUT2D eigenvalue weighted by molar-refractivity contribution is 0.311.